The molecule has 10 heteroatoms. The number of methoxy groups -OCH3 is 1. The van der Waals surface area contributed by atoms with E-state index in [2.05, 4.69) is 10.3 Å². The van der Waals surface area contributed by atoms with Crippen LogP contribution in [-0.4, -0.2) is 18.0 Å². The van der Waals surface area contributed by atoms with Gasteiger partial charge in [0.15, 0.2) is 0 Å². The fourth-order valence-corrected chi connectivity index (χ4v) is 3.95. The molecule has 3 aromatic carbocycles. The molecule has 0 spiro atoms. The maximum atomic E-state index is 13.1. The number of allylic oxidation sites excluding steroid dienone is 2. The molecule has 0 unspecified atom stereocenters. The summed E-state index contributed by atoms with van der Waals surface area (Å²) >= 11 is 0. The van der Waals surface area contributed by atoms with Gasteiger partial charge < -0.3 is 10.1 Å². The van der Waals surface area contributed by atoms with Gasteiger partial charge in [-0.1, -0.05) is 54.6 Å². The van der Waals surface area contributed by atoms with Crippen LogP contribution in [0.25, 0.3) is 16.7 Å². The molecule has 1 aromatic heterocycles. The first-order valence-electron chi connectivity index (χ1n) is 12.1. The smallest absolute Gasteiger partial charge is 0.416 e. The number of carbonyl (C=O) groups is 1. The van der Waals surface area contributed by atoms with Crippen LogP contribution in [0.4, 0.5) is 32.0 Å². The van der Waals surface area contributed by atoms with Crippen LogP contribution >= 0.6 is 0 Å². The number of pyridine rings is 1. The van der Waals surface area contributed by atoms with Gasteiger partial charge in [-0.15, -0.1) is 0 Å². The molecule has 4 rings (SSSR count). The molecule has 41 heavy (non-hydrogen) atoms. The van der Waals surface area contributed by atoms with E-state index >= 15 is 0 Å². The van der Waals surface area contributed by atoms with Gasteiger partial charge in [-0.05, 0) is 53.1 Å². The molecule has 4 aromatic rings. The number of nitrogens with one attached hydrogen (secondary N) is 1. The fourth-order valence-electron chi connectivity index (χ4n) is 3.95. The highest BCUT2D eigenvalue weighted by atomic mass is 19.4. The summed E-state index contributed by atoms with van der Waals surface area (Å²) in [5.74, 6) is -0.0729. The normalized spacial score (nSPS) is 11.8. The lowest BCUT2D eigenvalue weighted by Crippen LogP contribution is -2.08. The average molecular weight is 569 g/mol. The molecule has 0 aliphatic carbocycles. The highest BCUT2D eigenvalue weighted by Crippen LogP contribution is 2.34. The Morgan fingerprint density at radius 1 is 0.780 bits per heavy atom. The van der Waals surface area contributed by atoms with Crippen molar-refractivity contribution < 1.29 is 35.9 Å². The van der Waals surface area contributed by atoms with Crippen LogP contribution < -0.4 is 10.1 Å². The topological polar surface area (TPSA) is 51.2 Å². The first-order chi connectivity index (χ1) is 19.5. The summed E-state index contributed by atoms with van der Waals surface area (Å²) in [7, 11) is 1.50. The van der Waals surface area contributed by atoms with Gasteiger partial charge in [-0.25, -0.2) is 4.98 Å². The molecule has 1 heterocycles. The number of amides is 1. The molecule has 0 saturated carbocycles. The number of ether oxygens (including phenoxy) is 1. The Kier molecular flexibility index (Phi) is 8.61. The third kappa shape index (κ3) is 7.42. The number of aromatic nitrogens is 1. The Morgan fingerprint density at radius 3 is 1.83 bits per heavy atom. The molecule has 0 atom stereocenters. The molecule has 0 aliphatic rings. The number of hydrogen-bond acceptors (Lipinski definition) is 3. The molecule has 4 nitrogen and oxygen atoms in total. The molecule has 210 valence electrons. The van der Waals surface area contributed by atoms with E-state index in [1.54, 1.807) is 42.6 Å². The summed E-state index contributed by atoms with van der Waals surface area (Å²) in [4.78, 5) is 16.9. The minimum Gasteiger partial charge on any atom is -0.481 e. The summed E-state index contributed by atoms with van der Waals surface area (Å²) in [6, 6.07) is 18.9. The van der Waals surface area contributed by atoms with Crippen molar-refractivity contribution in [3.63, 3.8) is 0 Å². The van der Waals surface area contributed by atoms with Gasteiger partial charge in [0.2, 0.25) is 11.8 Å². The van der Waals surface area contributed by atoms with Gasteiger partial charge in [0, 0.05) is 35.2 Å². The maximum Gasteiger partial charge on any atom is 0.416 e. The summed E-state index contributed by atoms with van der Waals surface area (Å²) in [6.07, 6.45) is -3.47. The number of halogens is 6. The van der Waals surface area contributed by atoms with Gasteiger partial charge in [0.1, 0.15) is 0 Å². The van der Waals surface area contributed by atoms with Crippen LogP contribution in [-0.2, 0) is 17.1 Å². The summed E-state index contributed by atoms with van der Waals surface area (Å²) in [5.41, 5.74) is 1.17. The Labute approximate surface area is 231 Å². The van der Waals surface area contributed by atoms with E-state index in [0.29, 0.717) is 33.8 Å². The lowest BCUT2D eigenvalue weighted by atomic mass is 9.95. The number of benzene rings is 3. The van der Waals surface area contributed by atoms with Crippen molar-refractivity contribution in [3.05, 3.63) is 132 Å². The molecule has 0 radical (unpaired) electrons. The van der Waals surface area contributed by atoms with E-state index in [0.717, 1.165) is 29.8 Å². The number of nitrogens with zero attached hydrogens (tertiary/aromatic N) is 1. The third-order valence-electron chi connectivity index (χ3n) is 6.00. The summed E-state index contributed by atoms with van der Waals surface area (Å²) < 4.78 is 83.4. The minimum atomic E-state index is -4.55. The quantitative estimate of drug-likeness (QED) is 0.138. The van der Waals surface area contributed by atoms with E-state index in [4.69, 9.17) is 4.74 Å². The molecule has 0 bridgehead atoms. The third-order valence-corrected chi connectivity index (χ3v) is 6.00. The van der Waals surface area contributed by atoms with Gasteiger partial charge in [-0.2, -0.15) is 26.3 Å². The molecule has 0 fully saturated rings. The van der Waals surface area contributed by atoms with E-state index in [1.165, 1.54) is 49.6 Å². The van der Waals surface area contributed by atoms with Crippen LogP contribution in [0.2, 0.25) is 0 Å². The van der Waals surface area contributed by atoms with Crippen LogP contribution in [0, 0.1) is 0 Å². The number of carbonyl (C=O) groups excluding carboxylic acids is 1. The number of rotatable bonds is 7. The van der Waals surface area contributed by atoms with Gasteiger partial charge in [-0.3, -0.25) is 4.79 Å². The van der Waals surface area contributed by atoms with Crippen molar-refractivity contribution in [1.82, 2.24) is 4.98 Å². The second-order valence-corrected chi connectivity index (χ2v) is 8.71. The van der Waals surface area contributed by atoms with E-state index in [9.17, 15) is 31.1 Å². The molecule has 0 saturated heterocycles. The van der Waals surface area contributed by atoms with Crippen LogP contribution in [0.5, 0.6) is 5.88 Å². The maximum absolute atomic E-state index is 13.1. The highest BCUT2D eigenvalue weighted by molar-refractivity contribution is 6.02. The number of anilines is 1. The number of para-hydroxylation sites is 1. The molecule has 0 aliphatic heterocycles. The average Bonchev–Trinajstić information content (AvgIpc) is 2.95. The monoisotopic (exact) mass is 568 g/mol. The number of hydrogen-bond donors (Lipinski definition) is 1. The fraction of sp³-hybridized carbons (Fsp3) is 0.0968. The zero-order valence-corrected chi connectivity index (χ0v) is 21.4. The van der Waals surface area contributed by atoms with E-state index < -0.39 is 29.4 Å². The predicted molar refractivity (Wildman–Crippen MR) is 144 cm³/mol. The zero-order valence-electron chi connectivity index (χ0n) is 21.4. The molecule has 1 N–H and O–H groups in total. The minimum absolute atomic E-state index is 0.320. The van der Waals surface area contributed by atoms with Crippen molar-refractivity contribution in [1.29, 1.82) is 0 Å². The van der Waals surface area contributed by atoms with Crippen molar-refractivity contribution in [2.45, 2.75) is 12.4 Å². The van der Waals surface area contributed by atoms with E-state index in [-0.39, 0.29) is 0 Å². The Bertz CT molecular complexity index is 1500. The first-order valence-corrected chi connectivity index (χ1v) is 12.1. The zero-order chi connectivity index (χ0) is 29.6. The largest absolute Gasteiger partial charge is 0.481 e. The Hall–Kier alpha value is -4.86. The lowest BCUT2D eigenvalue weighted by Gasteiger charge is -2.12. The van der Waals surface area contributed by atoms with Crippen molar-refractivity contribution >= 4 is 17.2 Å². The van der Waals surface area contributed by atoms with Gasteiger partial charge in [0.25, 0.3) is 0 Å². The van der Waals surface area contributed by atoms with Crippen molar-refractivity contribution in [2.75, 3.05) is 12.4 Å². The summed E-state index contributed by atoms with van der Waals surface area (Å²) in [6.45, 7) is 0. The summed E-state index contributed by atoms with van der Waals surface area (Å²) in [5, 5.41) is 2.78. The van der Waals surface area contributed by atoms with Crippen LogP contribution in [0.15, 0.2) is 109 Å². The second kappa shape index (κ2) is 12.1. The highest BCUT2D eigenvalue weighted by Gasteiger charge is 2.31. The van der Waals surface area contributed by atoms with Crippen LogP contribution in [0.1, 0.15) is 22.3 Å². The Balaban J connectivity index is 1.61. The Morgan fingerprint density at radius 2 is 1.34 bits per heavy atom. The van der Waals surface area contributed by atoms with Crippen LogP contribution in [0.3, 0.4) is 0 Å². The molecular formula is C31H22F6N2O2. The number of alkyl halides is 6. The first kappa shape index (κ1) is 29.1. The van der Waals surface area contributed by atoms with Crippen molar-refractivity contribution in [2.24, 2.45) is 0 Å². The molecule has 1 amide bonds. The van der Waals surface area contributed by atoms with Gasteiger partial charge in [0.05, 0.1) is 18.2 Å². The van der Waals surface area contributed by atoms with E-state index in [1.807, 2.05) is 0 Å². The predicted octanol–water partition coefficient (Wildman–Crippen LogP) is 8.42. The second-order valence-electron chi connectivity index (χ2n) is 8.71. The van der Waals surface area contributed by atoms with Gasteiger partial charge >= 0.3 is 12.4 Å². The standard InChI is InChI=1S/C31H22F6N2O2/c1-41-29-18-13-22(19-38-29)26-5-2-3-7-27(26)39-28(40)8-4-6-25(20-9-14-23(15-10-20)30(32,33)34)21-11-16-24(17-12-21)31(35,36)37/h2-19H,1H3,(H,39,40). The lowest BCUT2D eigenvalue weighted by molar-refractivity contribution is -0.138. The van der Waals surface area contributed by atoms with Crippen molar-refractivity contribution in [3.8, 4) is 17.0 Å². The molecular weight excluding hydrogens is 546 g/mol. The SMILES string of the molecule is COc1ccc(-c2ccccc2NC(=O)C=CC=C(c2ccc(C(F)(F)F)cc2)c2ccc(C(F)(F)F)cc2)cn1.